The Morgan fingerprint density at radius 2 is 2.03 bits per heavy atom. The van der Waals surface area contributed by atoms with Crippen LogP contribution < -0.4 is 4.90 Å². The topological polar surface area (TPSA) is 80.3 Å². The maximum Gasteiger partial charge on any atom is 0.289 e. The van der Waals surface area contributed by atoms with Gasteiger partial charge in [0.25, 0.3) is 5.91 Å². The number of piperazine rings is 1. The summed E-state index contributed by atoms with van der Waals surface area (Å²) in [6.45, 7) is 2.73. The summed E-state index contributed by atoms with van der Waals surface area (Å²) in [7, 11) is 1.96. The third-order valence-corrected chi connectivity index (χ3v) is 7.00. The van der Waals surface area contributed by atoms with E-state index >= 15 is 0 Å². The quantitative estimate of drug-likeness (QED) is 0.441. The first-order chi connectivity index (χ1) is 14.7. The Bertz CT molecular complexity index is 1170. The number of fused-ring (bicyclic) bond motifs is 1. The van der Waals surface area contributed by atoms with Gasteiger partial charge in [-0.15, -0.1) is 11.3 Å². The van der Waals surface area contributed by atoms with Crippen LogP contribution in [-0.4, -0.2) is 56.5 Å². The van der Waals surface area contributed by atoms with Crippen LogP contribution in [0.25, 0.3) is 10.2 Å². The van der Waals surface area contributed by atoms with Crippen LogP contribution in [0.3, 0.4) is 0 Å². The third kappa shape index (κ3) is 3.68. The molecule has 0 aliphatic carbocycles. The molecular weight excluding hydrogens is 420 g/mol. The number of hydrogen-bond donors (Lipinski definition) is 0. The van der Waals surface area contributed by atoms with Gasteiger partial charge in [-0.25, -0.2) is 15.0 Å². The lowest BCUT2D eigenvalue weighted by atomic mass is 10.2. The molecule has 0 aromatic carbocycles. The molecule has 0 saturated carbocycles. The summed E-state index contributed by atoms with van der Waals surface area (Å²) in [6.07, 6.45) is 5.28. The second-order valence-electron chi connectivity index (χ2n) is 6.99. The van der Waals surface area contributed by atoms with Gasteiger partial charge in [0.2, 0.25) is 0 Å². The minimum Gasteiger partial charge on any atom is -0.455 e. The first kappa shape index (κ1) is 19.1. The molecule has 0 spiro atoms. The smallest absolute Gasteiger partial charge is 0.289 e. The molecule has 0 N–H and O–H groups in total. The molecule has 4 aromatic rings. The highest BCUT2D eigenvalue weighted by molar-refractivity contribution is 7.98. The average Bonchev–Trinajstić information content (AvgIpc) is 3.52. The predicted octanol–water partition coefficient (Wildman–Crippen LogP) is 3.27. The zero-order valence-electron chi connectivity index (χ0n) is 16.4. The Kier molecular flexibility index (Phi) is 5.17. The van der Waals surface area contributed by atoms with Crippen molar-refractivity contribution >= 4 is 45.0 Å². The van der Waals surface area contributed by atoms with Gasteiger partial charge in [0.15, 0.2) is 10.9 Å². The highest BCUT2D eigenvalue weighted by Crippen LogP contribution is 2.28. The minimum atomic E-state index is -0.0636. The van der Waals surface area contributed by atoms with E-state index in [2.05, 4.69) is 25.9 Å². The van der Waals surface area contributed by atoms with Crippen LogP contribution in [0.15, 0.2) is 51.9 Å². The van der Waals surface area contributed by atoms with Crippen molar-refractivity contribution < 1.29 is 9.21 Å². The van der Waals surface area contributed by atoms with Crippen LogP contribution in [0.2, 0.25) is 0 Å². The molecule has 0 unspecified atom stereocenters. The summed E-state index contributed by atoms with van der Waals surface area (Å²) in [5.74, 6) is 2.68. The van der Waals surface area contributed by atoms with Crippen molar-refractivity contribution in [3.05, 3.63) is 53.8 Å². The number of carbonyl (C=O) groups excluding carboxylic acids is 1. The molecule has 0 bridgehead atoms. The van der Waals surface area contributed by atoms with Crippen LogP contribution in [-0.2, 0) is 12.8 Å². The molecule has 5 heterocycles. The van der Waals surface area contributed by atoms with Gasteiger partial charge in [0.1, 0.15) is 22.7 Å². The summed E-state index contributed by atoms with van der Waals surface area (Å²) in [4.78, 5) is 31.0. The van der Waals surface area contributed by atoms with Gasteiger partial charge >= 0.3 is 0 Å². The number of aryl methyl sites for hydroxylation is 1. The number of imidazole rings is 1. The molecule has 5 rings (SSSR count). The van der Waals surface area contributed by atoms with Crippen molar-refractivity contribution in [2.75, 3.05) is 31.1 Å². The van der Waals surface area contributed by atoms with Gasteiger partial charge in [-0.2, -0.15) is 0 Å². The maximum absolute atomic E-state index is 12.9. The highest BCUT2D eigenvalue weighted by Gasteiger charge is 2.26. The molecule has 30 heavy (non-hydrogen) atoms. The summed E-state index contributed by atoms with van der Waals surface area (Å²) >= 11 is 3.19. The number of nitrogens with zero attached hydrogens (tertiary/aromatic N) is 6. The van der Waals surface area contributed by atoms with Crippen LogP contribution in [0.1, 0.15) is 16.3 Å². The van der Waals surface area contributed by atoms with Gasteiger partial charge in [0.05, 0.1) is 11.1 Å². The molecule has 1 aliphatic rings. The van der Waals surface area contributed by atoms with E-state index in [-0.39, 0.29) is 5.91 Å². The minimum absolute atomic E-state index is 0.0636. The zero-order valence-corrected chi connectivity index (χ0v) is 18.0. The molecule has 10 heteroatoms. The van der Waals surface area contributed by atoms with E-state index in [1.165, 1.54) is 0 Å². The Morgan fingerprint density at radius 3 is 2.83 bits per heavy atom. The van der Waals surface area contributed by atoms with Crippen molar-refractivity contribution in [1.29, 1.82) is 0 Å². The zero-order chi connectivity index (χ0) is 20.5. The predicted molar refractivity (Wildman–Crippen MR) is 117 cm³/mol. The van der Waals surface area contributed by atoms with E-state index < -0.39 is 0 Å². The monoisotopic (exact) mass is 440 g/mol. The molecule has 1 aliphatic heterocycles. The number of furan rings is 1. The summed E-state index contributed by atoms with van der Waals surface area (Å²) in [6, 6.07) is 5.69. The Balaban J connectivity index is 1.20. The lowest BCUT2D eigenvalue weighted by Crippen LogP contribution is -2.49. The second kappa shape index (κ2) is 8.11. The van der Waals surface area contributed by atoms with Gasteiger partial charge in [-0.3, -0.25) is 4.79 Å². The van der Waals surface area contributed by atoms with E-state index in [0.29, 0.717) is 24.6 Å². The van der Waals surface area contributed by atoms with Crippen LogP contribution in [0.5, 0.6) is 0 Å². The van der Waals surface area contributed by atoms with Gasteiger partial charge in [-0.05, 0) is 23.6 Å². The van der Waals surface area contributed by atoms with Crippen LogP contribution >= 0.6 is 23.1 Å². The van der Waals surface area contributed by atoms with E-state index in [1.54, 1.807) is 41.7 Å². The molecule has 4 aromatic heterocycles. The third-order valence-electron chi connectivity index (χ3n) is 5.10. The molecular formula is C20H20N6O2S2. The fraction of sp³-hybridized carbons (Fsp3) is 0.300. The number of thioether (sulfide) groups is 1. The first-order valence-electron chi connectivity index (χ1n) is 9.60. The Hall–Kier alpha value is -2.85. The SMILES string of the molecule is Cn1ccnc1SCc1ccc(C(=O)N2CCN(c3ncnc4sccc34)CC2)o1. The Morgan fingerprint density at radius 1 is 1.17 bits per heavy atom. The average molecular weight is 441 g/mol. The second-order valence-corrected chi connectivity index (χ2v) is 8.83. The first-order valence-corrected chi connectivity index (χ1v) is 11.5. The number of amides is 1. The molecule has 0 atom stereocenters. The van der Waals surface area contributed by atoms with Crippen molar-refractivity contribution in [1.82, 2.24) is 24.4 Å². The number of carbonyl (C=O) groups is 1. The largest absolute Gasteiger partial charge is 0.455 e. The summed E-state index contributed by atoms with van der Waals surface area (Å²) in [5, 5.41) is 4.02. The van der Waals surface area contributed by atoms with E-state index in [9.17, 15) is 4.79 Å². The molecule has 8 nitrogen and oxygen atoms in total. The van der Waals surface area contributed by atoms with E-state index in [4.69, 9.17) is 4.42 Å². The summed E-state index contributed by atoms with van der Waals surface area (Å²) < 4.78 is 7.77. The molecule has 154 valence electrons. The molecule has 1 amide bonds. The van der Waals surface area contributed by atoms with E-state index in [1.807, 2.05) is 34.2 Å². The fourth-order valence-corrected chi connectivity index (χ4v) is 5.06. The number of hydrogen-bond acceptors (Lipinski definition) is 8. The maximum atomic E-state index is 12.9. The fourth-order valence-electron chi connectivity index (χ4n) is 3.50. The molecule has 1 saturated heterocycles. The highest BCUT2D eigenvalue weighted by atomic mass is 32.2. The molecule has 1 fully saturated rings. The van der Waals surface area contributed by atoms with Crippen molar-refractivity contribution in [3.8, 4) is 0 Å². The lowest BCUT2D eigenvalue weighted by molar-refractivity contribution is 0.0713. The van der Waals surface area contributed by atoms with Crippen molar-refractivity contribution in [3.63, 3.8) is 0 Å². The lowest BCUT2D eigenvalue weighted by Gasteiger charge is -2.35. The normalized spacial score (nSPS) is 14.6. The van der Waals surface area contributed by atoms with E-state index in [0.717, 1.165) is 40.0 Å². The Labute approximate surface area is 181 Å². The standard InChI is InChI=1S/C20H20N6O2S2/c1-24-6-5-21-20(24)30-12-14-2-3-16(28-14)19(27)26-9-7-25(8-10-26)17-15-4-11-29-18(15)23-13-22-17/h2-6,11,13H,7-10,12H2,1H3. The van der Waals surface area contributed by atoms with Gasteiger partial charge < -0.3 is 18.8 Å². The van der Waals surface area contributed by atoms with Crippen LogP contribution in [0.4, 0.5) is 5.82 Å². The summed E-state index contributed by atoms with van der Waals surface area (Å²) in [5.41, 5.74) is 0. The molecule has 0 radical (unpaired) electrons. The van der Waals surface area contributed by atoms with Crippen molar-refractivity contribution in [2.45, 2.75) is 10.9 Å². The van der Waals surface area contributed by atoms with Gasteiger partial charge in [0, 0.05) is 45.6 Å². The number of rotatable bonds is 5. The number of anilines is 1. The number of aromatic nitrogens is 4. The van der Waals surface area contributed by atoms with Gasteiger partial charge in [-0.1, -0.05) is 11.8 Å². The number of thiophene rings is 1. The van der Waals surface area contributed by atoms with Crippen LogP contribution in [0, 0.1) is 0 Å². The van der Waals surface area contributed by atoms with Crippen molar-refractivity contribution in [2.24, 2.45) is 7.05 Å².